The van der Waals surface area contributed by atoms with Gasteiger partial charge in [-0.2, -0.15) is 5.10 Å². The van der Waals surface area contributed by atoms with E-state index in [4.69, 9.17) is 4.74 Å². The van der Waals surface area contributed by atoms with E-state index in [-0.39, 0.29) is 17.9 Å². The zero-order valence-corrected chi connectivity index (χ0v) is 14.8. The molecular weight excluding hydrogens is 354 g/mol. The number of benzene rings is 2. The van der Waals surface area contributed by atoms with E-state index in [0.717, 1.165) is 17.5 Å². The lowest BCUT2D eigenvalue weighted by Gasteiger charge is -2.11. The van der Waals surface area contributed by atoms with E-state index in [0.29, 0.717) is 0 Å². The lowest BCUT2D eigenvalue weighted by atomic mass is 10.2. The fourth-order valence-corrected chi connectivity index (χ4v) is 2.92. The first kappa shape index (κ1) is 17.7. The van der Waals surface area contributed by atoms with Gasteiger partial charge in [0.2, 0.25) is 10.0 Å². The average Bonchev–Trinajstić information content (AvgIpc) is 3.14. The number of anilines is 1. The van der Waals surface area contributed by atoms with E-state index >= 15 is 0 Å². The minimum atomic E-state index is -3.49. The van der Waals surface area contributed by atoms with Crippen LogP contribution < -0.4 is 4.72 Å². The first-order valence-corrected chi connectivity index (χ1v) is 9.64. The van der Waals surface area contributed by atoms with Crippen LogP contribution in [0.2, 0.25) is 0 Å². The molecule has 1 aromatic heterocycles. The van der Waals surface area contributed by atoms with Crippen LogP contribution in [-0.2, 0) is 21.4 Å². The van der Waals surface area contributed by atoms with E-state index in [1.165, 1.54) is 12.1 Å². The summed E-state index contributed by atoms with van der Waals surface area (Å²) in [6.45, 7) is 0.0748. The fourth-order valence-electron chi connectivity index (χ4n) is 2.34. The number of esters is 1. The minimum Gasteiger partial charge on any atom is -0.457 e. The van der Waals surface area contributed by atoms with E-state index in [2.05, 4.69) is 9.82 Å². The lowest BCUT2D eigenvalue weighted by molar-refractivity contribution is 0.0474. The second-order valence-electron chi connectivity index (χ2n) is 5.61. The number of ether oxygens (including phenoxy) is 1. The van der Waals surface area contributed by atoms with Crippen LogP contribution in [-0.4, -0.2) is 30.4 Å². The number of hydrogen-bond acceptors (Lipinski definition) is 5. The molecule has 0 saturated carbocycles. The van der Waals surface area contributed by atoms with Crippen molar-refractivity contribution in [3.05, 3.63) is 78.1 Å². The molecule has 0 atom stereocenters. The molecule has 7 nitrogen and oxygen atoms in total. The Bertz CT molecular complexity index is 997. The van der Waals surface area contributed by atoms with Gasteiger partial charge in [-0.1, -0.05) is 24.3 Å². The molecule has 0 saturated heterocycles. The van der Waals surface area contributed by atoms with Gasteiger partial charge < -0.3 is 4.74 Å². The third-order valence-electron chi connectivity index (χ3n) is 3.52. The van der Waals surface area contributed by atoms with Crippen LogP contribution in [0.15, 0.2) is 67.0 Å². The van der Waals surface area contributed by atoms with Crippen LogP contribution in [0, 0.1) is 0 Å². The summed E-state index contributed by atoms with van der Waals surface area (Å²) in [4.78, 5) is 12.3. The van der Waals surface area contributed by atoms with Crippen molar-refractivity contribution in [3.63, 3.8) is 0 Å². The lowest BCUT2D eigenvalue weighted by Crippen LogP contribution is -2.14. The standard InChI is InChI=1S/C18H17N3O4S/c1-26(23,24)20-17-6-3-2-5-16(17)18(22)25-13-14-7-9-15(10-8-14)21-12-4-11-19-21/h2-12,20H,13H2,1H3. The van der Waals surface area contributed by atoms with Crippen LogP contribution in [0.5, 0.6) is 0 Å². The maximum Gasteiger partial charge on any atom is 0.340 e. The highest BCUT2D eigenvalue weighted by molar-refractivity contribution is 7.92. The van der Waals surface area contributed by atoms with Crippen molar-refractivity contribution in [1.29, 1.82) is 0 Å². The summed E-state index contributed by atoms with van der Waals surface area (Å²) in [6, 6.07) is 15.5. The van der Waals surface area contributed by atoms with Gasteiger partial charge in [0.1, 0.15) is 6.61 Å². The van der Waals surface area contributed by atoms with E-state index in [1.54, 1.807) is 23.0 Å². The summed E-state index contributed by atoms with van der Waals surface area (Å²) in [7, 11) is -3.49. The molecule has 3 rings (SSSR count). The van der Waals surface area contributed by atoms with Gasteiger partial charge in [-0.05, 0) is 35.9 Å². The largest absolute Gasteiger partial charge is 0.457 e. The quantitative estimate of drug-likeness (QED) is 0.673. The molecule has 0 unspecified atom stereocenters. The van der Waals surface area contributed by atoms with Crippen molar-refractivity contribution in [3.8, 4) is 5.69 Å². The molecule has 0 bridgehead atoms. The van der Waals surface area contributed by atoms with Gasteiger partial charge in [-0.15, -0.1) is 0 Å². The second-order valence-corrected chi connectivity index (χ2v) is 7.36. The third-order valence-corrected chi connectivity index (χ3v) is 4.11. The van der Waals surface area contributed by atoms with Crippen molar-refractivity contribution in [2.24, 2.45) is 0 Å². The van der Waals surface area contributed by atoms with Crippen molar-refractivity contribution < 1.29 is 17.9 Å². The minimum absolute atomic E-state index is 0.0748. The Balaban J connectivity index is 1.68. The Morgan fingerprint density at radius 2 is 1.85 bits per heavy atom. The van der Waals surface area contributed by atoms with Crippen LogP contribution in [0.1, 0.15) is 15.9 Å². The highest BCUT2D eigenvalue weighted by atomic mass is 32.2. The molecule has 0 radical (unpaired) electrons. The van der Waals surface area contributed by atoms with Gasteiger partial charge in [0.25, 0.3) is 0 Å². The topological polar surface area (TPSA) is 90.3 Å². The highest BCUT2D eigenvalue weighted by Gasteiger charge is 2.15. The Morgan fingerprint density at radius 1 is 1.12 bits per heavy atom. The zero-order chi connectivity index (χ0) is 18.6. The number of rotatable bonds is 6. The Morgan fingerprint density at radius 3 is 2.50 bits per heavy atom. The molecule has 3 aromatic rings. The number of hydrogen-bond donors (Lipinski definition) is 1. The average molecular weight is 371 g/mol. The molecule has 1 heterocycles. The summed E-state index contributed by atoms with van der Waals surface area (Å²) >= 11 is 0. The first-order valence-electron chi connectivity index (χ1n) is 7.75. The molecule has 0 aliphatic heterocycles. The number of carbonyl (C=O) groups excluding carboxylic acids is 1. The number of carbonyl (C=O) groups is 1. The zero-order valence-electron chi connectivity index (χ0n) is 14.0. The number of aromatic nitrogens is 2. The monoisotopic (exact) mass is 371 g/mol. The smallest absolute Gasteiger partial charge is 0.340 e. The molecule has 8 heteroatoms. The van der Waals surface area contributed by atoms with Crippen molar-refractivity contribution in [2.45, 2.75) is 6.61 Å². The van der Waals surface area contributed by atoms with Gasteiger partial charge >= 0.3 is 5.97 Å². The van der Waals surface area contributed by atoms with E-state index < -0.39 is 16.0 Å². The highest BCUT2D eigenvalue weighted by Crippen LogP contribution is 2.18. The van der Waals surface area contributed by atoms with Gasteiger partial charge in [0.15, 0.2) is 0 Å². The molecule has 0 fully saturated rings. The normalized spacial score (nSPS) is 11.1. The summed E-state index contributed by atoms with van der Waals surface area (Å²) < 4.78 is 32.2. The number of nitrogens with zero attached hydrogens (tertiary/aromatic N) is 2. The van der Waals surface area contributed by atoms with Crippen LogP contribution in [0.4, 0.5) is 5.69 Å². The molecule has 0 aliphatic carbocycles. The van der Waals surface area contributed by atoms with E-state index in [9.17, 15) is 13.2 Å². The SMILES string of the molecule is CS(=O)(=O)Nc1ccccc1C(=O)OCc1ccc(-n2cccn2)cc1. The number of para-hydroxylation sites is 1. The number of sulfonamides is 1. The molecule has 1 N–H and O–H groups in total. The summed E-state index contributed by atoms with van der Waals surface area (Å²) in [6.07, 6.45) is 4.55. The maximum atomic E-state index is 12.3. The van der Waals surface area contributed by atoms with Crippen LogP contribution >= 0.6 is 0 Å². The van der Waals surface area contributed by atoms with Gasteiger partial charge in [0, 0.05) is 12.4 Å². The van der Waals surface area contributed by atoms with Crippen LogP contribution in [0.25, 0.3) is 5.69 Å². The maximum absolute atomic E-state index is 12.3. The fraction of sp³-hybridized carbons (Fsp3) is 0.111. The predicted molar refractivity (Wildman–Crippen MR) is 97.6 cm³/mol. The predicted octanol–water partition coefficient (Wildman–Crippen LogP) is 2.60. The van der Waals surface area contributed by atoms with Crippen molar-refractivity contribution in [1.82, 2.24) is 9.78 Å². The molecule has 0 amide bonds. The Labute approximate surface area is 151 Å². The van der Waals surface area contributed by atoms with Gasteiger partial charge in [-0.3, -0.25) is 4.72 Å². The number of nitrogens with one attached hydrogen (secondary N) is 1. The summed E-state index contributed by atoms with van der Waals surface area (Å²) in [5.41, 5.74) is 2.05. The van der Waals surface area contributed by atoms with Crippen LogP contribution in [0.3, 0.4) is 0 Å². The molecule has 0 spiro atoms. The van der Waals surface area contributed by atoms with Crippen molar-refractivity contribution in [2.75, 3.05) is 11.0 Å². The molecule has 26 heavy (non-hydrogen) atoms. The summed E-state index contributed by atoms with van der Waals surface area (Å²) in [5.74, 6) is -0.604. The first-order chi connectivity index (χ1) is 12.4. The molecular formula is C18H17N3O4S. The molecule has 134 valence electrons. The summed E-state index contributed by atoms with van der Waals surface area (Å²) in [5, 5.41) is 4.14. The van der Waals surface area contributed by atoms with Crippen molar-refractivity contribution >= 4 is 21.7 Å². The Kier molecular flexibility index (Phi) is 5.04. The Hall–Kier alpha value is -3.13. The van der Waals surface area contributed by atoms with Gasteiger partial charge in [-0.25, -0.2) is 17.9 Å². The van der Waals surface area contributed by atoms with E-state index in [1.807, 2.05) is 36.5 Å². The second kappa shape index (κ2) is 7.40. The molecule has 2 aromatic carbocycles. The molecule has 0 aliphatic rings. The third kappa shape index (κ3) is 4.48. The van der Waals surface area contributed by atoms with Gasteiger partial charge in [0.05, 0.1) is 23.2 Å².